The Hall–Kier alpha value is -1.46. The largest absolute Gasteiger partial charge is 0.454 e. The Morgan fingerprint density at radius 1 is 1.35 bits per heavy atom. The molecule has 0 bridgehead atoms. The van der Waals surface area contributed by atoms with Crippen LogP contribution in [0.25, 0.3) is 0 Å². The lowest BCUT2D eigenvalue weighted by Gasteiger charge is -2.08. The van der Waals surface area contributed by atoms with Crippen LogP contribution in [-0.2, 0) is 6.54 Å². The summed E-state index contributed by atoms with van der Waals surface area (Å²) in [6.07, 6.45) is 1.83. The number of hydrogen-bond donors (Lipinski definition) is 1. The first-order valence-corrected chi connectivity index (χ1v) is 6.29. The van der Waals surface area contributed by atoms with Gasteiger partial charge in [0.05, 0.1) is 22.8 Å². The number of anilines is 1. The molecule has 4 nitrogen and oxygen atoms in total. The molecule has 1 aromatic carbocycles. The van der Waals surface area contributed by atoms with Gasteiger partial charge in [0, 0.05) is 23.2 Å². The highest BCUT2D eigenvalue weighted by atomic mass is 35.5. The molecular weight excluding hydrogens is 260 g/mol. The standard InChI is InChI=1S/C11H9ClN2O2S/c12-8-1-10-11(16-6-15-10)2-9(8)14-4-7-3-13-5-17-7/h1-3,5,14H,4,6H2. The molecule has 0 atom stereocenters. The van der Waals surface area contributed by atoms with Gasteiger partial charge in [0.15, 0.2) is 11.5 Å². The van der Waals surface area contributed by atoms with Crippen molar-refractivity contribution in [3.63, 3.8) is 0 Å². The molecule has 0 spiro atoms. The van der Waals surface area contributed by atoms with Gasteiger partial charge in [-0.05, 0) is 0 Å². The number of thiazole rings is 1. The normalized spacial score (nSPS) is 12.8. The highest BCUT2D eigenvalue weighted by Gasteiger charge is 2.16. The van der Waals surface area contributed by atoms with Crippen LogP contribution in [0.5, 0.6) is 11.5 Å². The number of hydrogen-bond acceptors (Lipinski definition) is 5. The number of nitrogens with one attached hydrogen (secondary N) is 1. The minimum atomic E-state index is 0.254. The van der Waals surface area contributed by atoms with Crippen molar-refractivity contribution in [3.05, 3.63) is 33.7 Å². The predicted octanol–water partition coefficient (Wildman–Crippen LogP) is 3.14. The van der Waals surface area contributed by atoms with Crippen molar-refractivity contribution in [2.24, 2.45) is 0 Å². The Kier molecular flexibility index (Phi) is 2.78. The maximum absolute atomic E-state index is 6.14. The van der Waals surface area contributed by atoms with E-state index in [4.69, 9.17) is 21.1 Å². The maximum Gasteiger partial charge on any atom is 0.231 e. The van der Waals surface area contributed by atoms with Gasteiger partial charge >= 0.3 is 0 Å². The lowest BCUT2D eigenvalue weighted by atomic mass is 10.2. The van der Waals surface area contributed by atoms with E-state index in [0.717, 1.165) is 16.3 Å². The van der Waals surface area contributed by atoms with Crippen molar-refractivity contribution < 1.29 is 9.47 Å². The fraction of sp³-hybridized carbons (Fsp3) is 0.182. The van der Waals surface area contributed by atoms with Gasteiger partial charge in [-0.15, -0.1) is 11.3 Å². The van der Waals surface area contributed by atoms with E-state index in [1.54, 1.807) is 22.9 Å². The Morgan fingerprint density at radius 2 is 2.18 bits per heavy atom. The Labute approximate surface area is 107 Å². The van der Waals surface area contributed by atoms with Crippen LogP contribution in [0.15, 0.2) is 23.8 Å². The Morgan fingerprint density at radius 3 is 2.94 bits per heavy atom. The van der Waals surface area contributed by atoms with Gasteiger partial charge < -0.3 is 14.8 Å². The third-order valence-corrected chi connectivity index (χ3v) is 3.49. The molecule has 1 aliphatic heterocycles. The van der Waals surface area contributed by atoms with E-state index in [1.807, 2.05) is 12.3 Å². The highest BCUT2D eigenvalue weighted by molar-refractivity contribution is 7.09. The van der Waals surface area contributed by atoms with Crippen LogP contribution in [0, 0.1) is 0 Å². The van der Waals surface area contributed by atoms with E-state index < -0.39 is 0 Å². The zero-order chi connectivity index (χ0) is 11.7. The summed E-state index contributed by atoms with van der Waals surface area (Å²) in [6, 6.07) is 3.62. The highest BCUT2D eigenvalue weighted by Crippen LogP contribution is 2.39. The van der Waals surface area contributed by atoms with Crippen LogP contribution in [-0.4, -0.2) is 11.8 Å². The number of nitrogens with zero attached hydrogens (tertiary/aromatic N) is 1. The smallest absolute Gasteiger partial charge is 0.231 e. The van der Waals surface area contributed by atoms with Gasteiger partial charge in [-0.25, -0.2) is 0 Å². The molecule has 0 amide bonds. The van der Waals surface area contributed by atoms with Crippen molar-refractivity contribution >= 4 is 28.6 Å². The minimum Gasteiger partial charge on any atom is -0.454 e. The molecule has 2 heterocycles. The first kappa shape index (κ1) is 10.7. The van der Waals surface area contributed by atoms with Gasteiger partial charge in [-0.1, -0.05) is 11.6 Å². The lowest BCUT2D eigenvalue weighted by Crippen LogP contribution is -1.98. The molecule has 88 valence electrons. The van der Waals surface area contributed by atoms with Crippen molar-refractivity contribution in [2.75, 3.05) is 12.1 Å². The number of halogens is 1. The number of aromatic nitrogens is 1. The van der Waals surface area contributed by atoms with Crippen LogP contribution >= 0.6 is 22.9 Å². The van der Waals surface area contributed by atoms with Crippen LogP contribution in [0.1, 0.15) is 4.88 Å². The van der Waals surface area contributed by atoms with E-state index in [1.165, 1.54) is 0 Å². The van der Waals surface area contributed by atoms with E-state index >= 15 is 0 Å². The second-order valence-electron chi connectivity index (χ2n) is 3.51. The number of rotatable bonds is 3. The van der Waals surface area contributed by atoms with Crippen LogP contribution < -0.4 is 14.8 Å². The molecule has 0 radical (unpaired) electrons. The fourth-order valence-electron chi connectivity index (χ4n) is 1.56. The Balaban J connectivity index is 1.79. The van der Waals surface area contributed by atoms with E-state index in [9.17, 15) is 0 Å². The summed E-state index contributed by atoms with van der Waals surface area (Å²) >= 11 is 7.74. The molecule has 1 aromatic heterocycles. The van der Waals surface area contributed by atoms with Crippen LogP contribution in [0.2, 0.25) is 5.02 Å². The van der Waals surface area contributed by atoms with E-state index in [0.29, 0.717) is 17.3 Å². The monoisotopic (exact) mass is 268 g/mol. The fourth-order valence-corrected chi connectivity index (χ4v) is 2.32. The molecule has 1 N–H and O–H groups in total. The molecule has 6 heteroatoms. The van der Waals surface area contributed by atoms with Crippen molar-refractivity contribution in [2.45, 2.75) is 6.54 Å². The molecule has 1 aliphatic rings. The zero-order valence-corrected chi connectivity index (χ0v) is 10.3. The number of ether oxygens (including phenoxy) is 2. The molecule has 2 aromatic rings. The summed E-state index contributed by atoms with van der Waals surface area (Å²) in [5, 5.41) is 3.87. The summed E-state index contributed by atoms with van der Waals surface area (Å²) in [4.78, 5) is 5.17. The van der Waals surface area contributed by atoms with E-state index in [-0.39, 0.29) is 6.79 Å². The van der Waals surface area contributed by atoms with Crippen molar-refractivity contribution in [3.8, 4) is 11.5 Å². The number of benzene rings is 1. The van der Waals surface area contributed by atoms with Gasteiger partial charge in [0.25, 0.3) is 0 Å². The van der Waals surface area contributed by atoms with E-state index in [2.05, 4.69) is 10.3 Å². The average Bonchev–Trinajstić information content (AvgIpc) is 2.95. The molecule has 17 heavy (non-hydrogen) atoms. The minimum absolute atomic E-state index is 0.254. The van der Waals surface area contributed by atoms with Gasteiger partial charge in [-0.3, -0.25) is 4.98 Å². The summed E-state index contributed by atoms with van der Waals surface area (Å²) in [7, 11) is 0. The van der Waals surface area contributed by atoms with Crippen molar-refractivity contribution in [1.29, 1.82) is 0 Å². The second-order valence-corrected chi connectivity index (χ2v) is 4.88. The molecular formula is C11H9ClN2O2S. The third-order valence-electron chi connectivity index (χ3n) is 2.40. The molecule has 0 unspecified atom stereocenters. The summed E-state index contributed by atoms with van der Waals surface area (Å²) < 4.78 is 10.5. The molecule has 0 aliphatic carbocycles. The number of fused-ring (bicyclic) bond motifs is 1. The van der Waals surface area contributed by atoms with Crippen LogP contribution in [0.4, 0.5) is 5.69 Å². The first-order chi connectivity index (χ1) is 8.33. The van der Waals surface area contributed by atoms with Gasteiger partial charge in [0.1, 0.15) is 0 Å². The predicted molar refractivity (Wildman–Crippen MR) is 67.0 cm³/mol. The quantitative estimate of drug-likeness (QED) is 0.929. The van der Waals surface area contributed by atoms with Gasteiger partial charge in [-0.2, -0.15) is 0 Å². The summed E-state index contributed by atoms with van der Waals surface area (Å²) in [5.74, 6) is 1.42. The zero-order valence-electron chi connectivity index (χ0n) is 8.77. The average molecular weight is 269 g/mol. The third kappa shape index (κ3) is 2.16. The topological polar surface area (TPSA) is 43.4 Å². The molecule has 0 saturated carbocycles. The first-order valence-electron chi connectivity index (χ1n) is 5.03. The molecule has 0 fully saturated rings. The molecule has 0 saturated heterocycles. The summed E-state index contributed by atoms with van der Waals surface area (Å²) in [5.41, 5.74) is 2.64. The lowest BCUT2D eigenvalue weighted by molar-refractivity contribution is 0.174. The van der Waals surface area contributed by atoms with Crippen molar-refractivity contribution in [1.82, 2.24) is 4.98 Å². The van der Waals surface area contributed by atoms with Gasteiger partial charge in [0.2, 0.25) is 6.79 Å². The second kappa shape index (κ2) is 4.43. The SMILES string of the molecule is Clc1cc2c(cc1NCc1cncs1)OCO2. The van der Waals surface area contributed by atoms with Crippen LogP contribution in [0.3, 0.4) is 0 Å². The summed E-state index contributed by atoms with van der Waals surface area (Å²) in [6.45, 7) is 0.952. The maximum atomic E-state index is 6.14. The Bertz CT molecular complexity index is 531. The molecule has 3 rings (SSSR count).